The molecule has 0 spiro atoms. The third kappa shape index (κ3) is 5.65. The number of alkyl carbamates (subject to hydrolysis) is 1. The molecule has 2 unspecified atom stereocenters. The van der Waals surface area contributed by atoms with Gasteiger partial charge in [0, 0.05) is 18.5 Å². The molecule has 7 nitrogen and oxygen atoms in total. The number of hydrogen-bond donors (Lipinski definition) is 2. The molecule has 0 saturated heterocycles. The van der Waals surface area contributed by atoms with Crippen molar-refractivity contribution in [1.29, 1.82) is 0 Å². The lowest BCUT2D eigenvalue weighted by Crippen LogP contribution is -2.51. The van der Waals surface area contributed by atoms with Crippen molar-refractivity contribution in [3.05, 3.63) is 72.3 Å². The molecule has 0 aromatic heterocycles. The van der Waals surface area contributed by atoms with Crippen LogP contribution in [0.1, 0.15) is 50.2 Å². The lowest BCUT2D eigenvalue weighted by molar-refractivity contribution is -0.141. The van der Waals surface area contributed by atoms with E-state index in [4.69, 9.17) is 9.84 Å². The molecule has 0 heterocycles. The van der Waals surface area contributed by atoms with E-state index in [0.717, 1.165) is 22.3 Å². The Hall–Kier alpha value is -3.61. The van der Waals surface area contributed by atoms with Crippen LogP contribution in [0.25, 0.3) is 11.1 Å². The lowest BCUT2D eigenvalue weighted by atomic mass is 9.98. The summed E-state index contributed by atoms with van der Waals surface area (Å²) < 4.78 is 5.60. The monoisotopic (exact) mass is 464 g/mol. The minimum atomic E-state index is -0.981. The SMILES string of the molecule is C=CCCC(NC(=O)OCC1c2ccccc2-c2ccccc21)C(=O)N(CC)C(C)CC(=O)O. The van der Waals surface area contributed by atoms with Crippen LogP contribution in [0.2, 0.25) is 0 Å². The second kappa shape index (κ2) is 11.5. The molecule has 0 radical (unpaired) electrons. The molecule has 2 atom stereocenters. The number of ether oxygens (including phenoxy) is 1. The molecule has 0 aliphatic heterocycles. The van der Waals surface area contributed by atoms with E-state index in [9.17, 15) is 14.4 Å². The van der Waals surface area contributed by atoms with Gasteiger partial charge < -0.3 is 20.1 Å². The number of carbonyl (C=O) groups excluding carboxylic acids is 2. The van der Waals surface area contributed by atoms with Crippen LogP contribution < -0.4 is 5.32 Å². The number of likely N-dealkylation sites (N-methyl/N-ethyl adjacent to an activating group) is 1. The van der Waals surface area contributed by atoms with E-state index in [2.05, 4.69) is 24.0 Å². The summed E-state index contributed by atoms with van der Waals surface area (Å²) in [5.41, 5.74) is 4.49. The van der Waals surface area contributed by atoms with Gasteiger partial charge in [-0.15, -0.1) is 6.58 Å². The smallest absolute Gasteiger partial charge is 0.407 e. The van der Waals surface area contributed by atoms with Crippen LogP contribution in [0.4, 0.5) is 4.79 Å². The van der Waals surface area contributed by atoms with Gasteiger partial charge in [0.15, 0.2) is 0 Å². The Balaban J connectivity index is 1.69. The number of carboxylic acid groups (broad SMARTS) is 1. The standard InChI is InChI=1S/C27H32N2O5/c1-4-6-15-24(26(32)29(5-2)18(3)16-25(30)31)28-27(33)34-17-23-21-13-9-7-11-19(21)20-12-8-10-14-22(20)23/h4,7-14,18,23-24H,1,5-6,15-17H2,2-3H3,(H,28,33)(H,30,31). The number of rotatable bonds is 11. The largest absolute Gasteiger partial charge is 0.481 e. The van der Waals surface area contributed by atoms with Crippen molar-refractivity contribution in [3.8, 4) is 11.1 Å². The Morgan fingerprint density at radius 3 is 2.24 bits per heavy atom. The molecule has 0 fully saturated rings. The Morgan fingerprint density at radius 1 is 1.12 bits per heavy atom. The highest BCUT2D eigenvalue weighted by atomic mass is 16.5. The Morgan fingerprint density at radius 2 is 1.71 bits per heavy atom. The van der Waals surface area contributed by atoms with Crippen LogP contribution in [0.3, 0.4) is 0 Å². The third-order valence-electron chi connectivity index (χ3n) is 6.22. The van der Waals surface area contributed by atoms with Gasteiger partial charge in [-0.05, 0) is 48.9 Å². The number of nitrogens with one attached hydrogen (secondary N) is 1. The molecule has 7 heteroatoms. The van der Waals surface area contributed by atoms with Crippen LogP contribution in [0.5, 0.6) is 0 Å². The maximum atomic E-state index is 13.2. The minimum Gasteiger partial charge on any atom is -0.481 e. The zero-order valence-electron chi connectivity index (χ0n) is 19.7. The summed E-state index contributed by atoms with van der Waals surface area (Å²) in [7, 11) is 0. The van der Waals surface area contributed by atoms with E-state index in [1.54, 1.807) is 19.9 Å². The highest BCUT2D eigenvalue weighted by Gasteiger charge is 2.31. The molecule has 2 N–H and O–H groups in total. The van der Waals surface area contributed by atoms with Crippen LogP contribution >= 0.6 is 0 Å². The van der Waals surface area contributed by atoms with Crippen molar-refractivity contribution in [2.24, 2.45) is 0 Å². The molecule has 180 valence electrons. The molecule has 2 aromatic carbocycles. The average molecular weight is 465 g/mol. The molecule has 1 aliphatic rings. The van der Waals surface area contributed by atoms with Gasteiger partial charge in [0.1, 0.15) is 12.6 Å². The Labute approximate surface area is 200 Å². The fourth-order valence-corrected chi connectivity index (χ4v) is 4.57. The fourth-order valence-electron chi connectivity index (χ4n) is 4.57. The maximum Gasteiger partial charge on any atom is 0.407 e. The number of aliphatic carboxylic acids is 1. The molecule has 2 aromatic rings. The van der Waals surface area contributed by atoms with E-state index >= 15 is 0 Å². The summed E-state index contributed by atoms with van der Waals surface area (Å²) in [6.45, 7) is 7.65. The number of hydrogen-bond acceptors (Lipinski definition) is 4. The molecule has 34 heavy (non-hydrogen) atoms. The summed E-state index contributed by atoms with van der Waals surface area (Å²) in [5, 5.41) is 11.8. The van der Waals surface area contributed by atoms with E-state index < -0.39 is 24.1 Å². The summed E-state index contributed by atoms with van der Waals surface area (Å²) in [6.07, 6.45) is 1.70. The minimum absolute atomic E-state index is 0.0804. The van der Waals surface area contributed by atoms with Crippen molar-refractivity contribution in [1.82, 2.24) is 10.2 Å². The summed E-state index contributed by atoms with van der Waals surface area (Å²) >= 11 is 0. The van der Waals surface area contributed by atoms with Gasteiger partial charge in [-0.3, -0.25) is 9.59 Å². The summed E-state index contributed by atoms with van der Waals surface area (Å²) in [5.74, 6) is -1.39. The zero-order chi connectivity index (χ0) is 24.7. The fraction of sp³-hybridized carbons (Fsp3) is 0.370. The third-order valence-corrected chi connectivity index (χ3v) is 6.22. The first-order chi connectivity index (χ1) is 16.4. The highest BCUT2D eigenvalue weighted by molar-refractivity contribution is 5.86. The topological polar surface area (TPSA) is 95.9 Å². The van der Waals surface area contributed by atoms with Gasteiger partial charge in [0.2, 0.25) is 5.91 Å². The Kier molecular flexibility index (Phi) is 8.46. The number of nitrogens with zero attached hydrogens (tertiary/aromatic N) is 1. The number of carboxylic acids is 1. The van der Waals surface area contributed by atoms with Gasteiger partial charge >= 0.3 is 12.1 Å². The van der Waals surface area contributed by atoms with Crippen LogP contribution in [0.15, 0.2) is 61.2 Å². The first-order valence-electron chi connectivity index (χ1n) is 11.6. The van der Waals surface area contributed by atoms with E-state index in [0.29, 0.717) is 19.4 Å². The average Bonchev–Trinajstić information content (AvgIpc) is 3.14. The normalized spacial score (nSPS) is 13.8. The van der Waals surface area contributed by atoms with E-state index in [1.807, 2.05) is 36.4 Å². The maximum absolute atomic E-state index is 13.2. The Bertz CT molecular complexity index is 1010. The number of benzene rings is 2. The van der Waals surface area contributed by atoms with Gasteiger partial charge in [-0.25, -0.2) is 4.79 Å². The van der Waals surface area contributed by atoms with E-state index in [-0.39, 0.29) is 24.9 Å². The molecule has 0 saturated carbocycles. The first kappa shape index (κ1) is 25.0. The predicted molar refractivity (Wildman–Crippen MR) is 131 cm³/mol. The van der Waals surface area contributed by atoms with Gasteiger partial charge in [-0.2, -0.15) is 0 Å². The van der Waals surface area contributed by atoms with Crippen molar-refractivity contribution in [2.75, 3.05) is 13.2 Å². The highest BCUT2D eigenvalue weighted by Crippen LogP contribution is 2.44. The number of carbonyl (C=O) groups is 3. The van der Waals surface area contributed by atoms with Crippen LogP contribution in [-0.4, -0.2) is 53.2 Å². The van der Waals surface area contributed by atoms with Crippen LogP contribution in [-0.2, 0) is 14.3 Å². The number of fused-ring (bicyclic) bond motifs is 3. The van der Waals surface area contributed by atoms with E-state index in [1.165, 1.54) is 4.90 Å². The second-order valence-electron chi connectivity index (χ2n) is 8.46. The molecule has 1 aliphatic carbocycles. The van der Waals surface area contributed by atoms with Crippen LogP contribution in [0, 0.1) is 0 Å². The molecule has 3 rings (SSSR count). The molecular weight excluding hydrogens is 432 g/mol. The molecule has 2 amide bonds. The van der Waals surface area contributed by atoms with Crippen molar-refractivity contribution < 1.29 is 24.2 Å². The molecule has 0 bridgehead atoms. The van der Waals surface area contributed by atoms with Gasteiger partial charge in [-0.1, -0.05) is 54.6 Å². The molecular formula is C27H32N2O5. The number of amides is 2. The second-order valence-corrected chi connectivity index (χ2v) is 8.46. The van der Waals surface area contributed by atoms with Gasteiger partial charge in [0.05, 0.1) is 6.42 Å². The zero-order valence-corrected chi connectivity index (χ0v) is 19.7. The number of allylic oxidation sites excluding steroid dienone is 1. The van der Waals surface area contributed by atoms with Gasteiger partial charge in [0.25, 0.3) is 0 Å². The first-order valence-corrected chi connectivity index (χ1v) is 11.6. The summed E-state index contributed by atoms with van der Waals surface area (Å²) in [4.78, 5) is 38.5. The lowest BCUT2D eigenvalue weighted by Gasteiger charge is -2.31. The quantitative estimate of drug-likeness (QED) is 0.475. The van der Waals surface area contributed by atoms with Crippen molar-refractivity contribution in [2.45, 2.75) is 51.1 Å². The van der Waals surface area contributed by atoms with Crippen molar-refractivity contribution >= 4 is 18.0 Å². The van der Waals surface area contributed by atoms with Crippen molar-refractivity contribution in [3.63, 3.8) is 0 Å². The summed E-state index contributed by atoms with van der Waals surface area (Å²) in [6, 6.07) is 14.8. The predicted octanol–water partition coefficient (Wildman–Crippen LogP) is 4.57.